The summed E-state index contributed by atoms with van der Waals surface area (Å²) in [7, 11) is 0. The van der Waals surface area contributed by atoms with E-state index in [0.29, 0.717) is 0 Å². The third kappa shape index (κ3) is 4.61. The van der Waals surface area contributed by atoms with E-state index in [-0.39, 0.29) is 5.78 Å². The highest BCUT2D eigenvalue weighted by molar-refractivity contribution is 6.25. The van der Waals surface area contributed by atoms with E-state index < -0.39 is 0 Å². The summed E-state index contributed by atoms with van der Waals surface area (Å²) in [5, 5.41) is 0. The zero-order chi connectivity index (χ0) is 27.5. The summed E-state index contributed by atoms with van der Waals surface area (Å²) in [5.41, 5.74) is 10.9. The first-order valence-corrected chi connectivity index (χ1v) is 13.4. The number of nitrogens with zero attached hydrogens (tertiary/aromatic N) is 1. The van der Waals surface area contributed by atoms with Gasteiger partial charge in [-0.3, -0.25) is 4.79 Å². The molecule has 192 valence electrons. The molecule has 5 aromatic rings. The van der Waals surface area contributed by atoms with Crippen LogP contribution in [-0.4, -0.2) is 5.78 Å². The summed E-state index contributed by atoms with van der Waals surface area (Å²) < 4.78 is 0. The van der Waals surface area contributed by atoms with Crippen LogP contribution in [0.2, 0.25) is 0 Å². The molecule has 0 amide bonds. The van der Waals surface area contributed by atoms with Crippen LogP contribution in [0.25, 0.3) is 27.8 Å². The first-order valence-electron chi connectivity index (χ1n) is 13.4. The van der Waals surface area contributed by atoms with Crippen molar-refractivity contribution in [1.82, 2.24) is 0 Å². The predicted octanol–water partition coefficient (Wildman–Crippen LogP) is 10.2. The van der Waals surface area contributed by atoms with Gasteiger partial charge in [-0.25, -0.2) is 0 Å². The lowest BCUT2D eigenvalue weighted by Crippen LogP contribution is -2.13. The van der Waals surface area contributed by atoms with Crippen molar-refractivity contribution in [3.05, 3.63) is 169 Å². The number of fused-ring (bicyclic) bond motifs is 3. The van der Waals surface area contributed by atoms with Gasteiger partial charge in [-0.2, -0.15) is 0 Å². The number of allylic oxidation sites excluding steroid dienone is 5. The van der Waals surface area contributed by atoms with E-state index in [1.807, 2.05) is 60.7 Å². The van der Waals surface area contributed by atoms with Gasteiger partial charge in [0.2, 0.25) is 0 Å². The molecule has 0 fully saturated rings. The Morgan fingerprint density at radius 3 is 1.93 bits per heavy atom. The van der Waals surface area contributed by atoms with E-state index in [0.717, 1.165) is 56.0 Å². The van der Waals surface area contributed by atoms with Crippen LogP contribution in [0.4, 0.5) is 17.1 Å². The fourth-order valence-corrected chi connectivity index (χ4v) is 5.35. The maximum Gasteiger partial charge on any atom is 0.196 e. The van der Waals surface area contributed by atoms with Gasteiger partial charge in [0, 0.05) is 16.9 Å². The summed E-state index contributed by atoms with van der Waals surface area (Å²) >= 11 is 0. The topological polar surface area (TPSA) is 20.3 Å². The van der Waals surface area contributed by atoms with E-state index >= 15 is 0 Å². The number of ketones is 1. The number of anilines is 3. The molecule has 0 heterocycles. The Morgan fingerprint density at radius 1 is 0.625 bits per heavy atom. The largest absolute Gasteiger partial charge is 0.310 e. The van der Waals surface area contributed by atoms with Gasteiger partial charge >= 0.3 is 0 Å². The fraction of sp³-hybridized carbons (Fsp3) is 0.0263. The van der Waals surface area contributed by atoms with Crippen molar-refractivity contribution in [2.45, 2.75) is 6.92 Å². The van der Waals surface area contributed by atoms with Gasteiger partial charge in [-0.05, 0) is 70.6 Å². The average molecular weight is 516 g/mol. The van der Waals surface area contributed by atoms with Crippen molar-refractivity contribution in [2.24, 2.45) is 0 Å². The molecule has 2 nitrogen and oxygen atoms in total. The van der Waals surface area contributed by atoms with Crippen LogP contribution in [0.3, 0.4) is 0 Å². The number of hydrogen-bond donors (Lipinski definition) is 0. The van der Waals surface area contributed by atoms with Gasteiger partial charge in [0.05, 0.1) is 11.3 Å². The number of carbonyl (C=O) groups is 1. The van der Waals surface area contributed by atoms with E-state index in [1.54, 1.807) is 6.08 Å². The van der Waals surface area contributed by atoms with Crippen LogP contribution < -0.4 is 4.90 Å². The molecular weight excluding hydrogens is 486 g/mol. The van der Waals surface area contributed by atoms with Crippen molar-refractivity contribution in [3.8, 4) is 22.3 Å². The van der Waals surface area contributed by atoms with Gasteiger partial charge in [-0.15, -0.1) is 0 Å². The van der Waals surface area contributed by atoms with Crippen LogP contribution in [-0.2, 0) is 0 Å². The van der Waals surface area contributed by atoms with E-state index in [4.69, 9.17) is 0 Å². The van der Waals surface area contributed by atoms with Crippen molar-refractivity contribution in [3.63, 3.8) is 0 Å². The van der Waals surface area contributed by atoms with Crippen molar-refractivity contribution < 1.29 is 4.79 Å². The number of hydrogen-bond acceptors (Lipinski definition) is 2. The molecule has 0 atom stereocenters. The highest BCUT2D eigenvalue weighted by Crippen LogP contribution is 2.45. The number of rotatable bonds is 7. The smallest absolute Gasteiger partial charge is 0.196 e. The molecule has 0 radical (unpaired) electrons. The molecule has 2 heteroatoms. The fourth-order valence-electron chi connectivity index (χ4n) is 5.35. The second kappa shape index (κ2) is 10.9. The Morgan fingerprint density at radius 2 is 1.23 bits per heavy atom. The molecule has 0 saturated heterocycles. The van der Waals surface area contributed by atoms with Gasteiger partial charge in [0.1, 0.15) is 0 Å². The molecule has 0 unspecified atom stereocenters. The van der Waals surface area contributed by atoms with Gasteiger partial charge < -0.3 is 4.90 Å². The molecule has 1 aliphatic carbocycles. The maximum absolute atomic E-state index is 13.7. The van der Waals surface area contributed by atoms with E-state index in [2.05, 4.69) is 97.3 Å². The first kappa shape index (κ1) is 25.1. The zero-order valence-corrected chi connectivity index (χ0v) is 22.4. The van der Waals surface area contributed by atoms with Crippen molar-refractivity contribution in [2.75, 3.05) is 4.90 Å². The van der Waals surface area contributed by atoms with Gasteiger partial charge in [-0.1, -0.05) is 122 Å². The summed E-state index contributed by atoms with van der Waals surface area (Å²) in [4.78, 5) is 15.9. The van der Waals surface area contributed by atoms with E-state index in [9.17, 15) is 4.79 Å². The minimum absolute atomic E-state index is 0.0662. The van der Waals surface area contributed by atoms with Crippen molar-refractivity contribution in [1.29, 1.82) is 0 Å². The molecule has 0 spiro atoms. The molecule has 0 N–H and O–H groups in total. The SMILES string of the molecule is C=C/C=C\C=C(/C)c1ccc(N(c2ccc(-c3ccccc3)cc2)c2cccc3c2C(=O)c2ccccc2-3)cc1. The van der Waals surface area contributed by atoms with E-state index in [1.165, 1.54) is 5.56 Å². The molecule has 0 aliphatic heterocycles. The van der Waals surface area contributed by atoms with Crippen LogP contribution in [0.1, 0.15) is 28.4 Å². The highest BCUT2D eigenvalue weighted by atomic mass is 16.1. The number of benzene rings is 5. The molecule has 40 heavy (non-hydrogen) atoms. The minimum atomic E-state index is 0.0662. The van der Waals surface area contributed by atoms with Crippen LogP contribution in [0, 0.1) is 0 Å². The summed E-state index contributed by atoms with van der Waals surface area (Å²) in [5.74, 6) is 0.0662. The Kier molecular flexibility index (Phi) is 6.82. The lowest BCUT2D eigenvalue weighted by atomic mass is 10.0. The third-order valence-electron chi connectivity index (χ3n) is 7.38. The molecule has 0 aromatic heterocycles. The lowest BCUT2D eigenvalue weighted by molar-refractivity contribution is 0.104. The molecular formula is C38H29NO. The Hall–Kier alpha value is -5.21. The normalized spacial score (nSPS) is 12.3. The Bertz CT molecular complexity index is 1760. The quantitative estimate of drug-likeness (QED) is 0.197. The molecule has 1 aliphatic rings. The second-order valence-corrected chi connectivity index (χ2v) is 9.84. The van der Waals surface area contributed by atoms with Crippen molar-refractivity contribution >= 4 is 28.4 Å². The molecule has 5 aromatic carbocycles. The Labute approximate surface area is 235 Å². The second-order valence-electron chi connectivity index (χ2n) is 9.84. The number of carbonyl (C=O) groups excluding carboxylic acids is 1. The predicted molar refractivity (Wildman–Crippen MR) is 168 cm³/mol. The lowest BCUT2D eigenvalue weighted by Gasteiger charge is -2.27. The van der Waals surface area contributed by atoms with Gasteiger partial charge in [0.15, 0.2) is 5.78 Å². The summed E-state index contributed by atoms with van der Waals surface area (Å²) in [6.07, 6.45) is 7.76. The van der Waals surface area contributed by atoms with Crippen LogP contribution in [0.5, 0.6) is 0 Å². The Balaban J connectivity index is 1.47. The van der Waals surface area contributed by atoms with Gasteiger partial charge in [0.25, 0.3) is 0 Å². The standard InChI is InChI=1S/C38H29NO/c1-3-4-6-12-27(2)28-19-23-31(24-20-28)39(32-25-21-30(22-26-32)29-13-7-5-8-14-29)36-18-11-17-34-33-15-9-10-16-35(33)38(40)37(34)36/h3-26H,1H2,2H3/b6-4-,27-12+. The summed E-state index contributed by atoms with van der Waals surface area (Å²) in [6, 6.07) is 41.5. The molecule has 0 bridgehead atoms. The minimum Gasteiger partial charge on any atom is -0.310 e. The summed E-state index contributed by atoms with van der Waals surface area (Å²) in [6.45, 7) is 5.84. The first-order chi connectivity index (χ1) is 19.7. The average Bonchev–Trinajstić information content (AvgIpc) is 3.31. The molecule has 0 saturated carbocycles. The monoisotopic (exact) mass is 515 g/mol. The van der Waals surface area contributed by atoms with Crippen LogP contribution >= 0.6 is 0 Å². The molecule has 6 rings (SSSR count). The van der Waals surface area contributed by atoms with Crippen LogP contribution in [0.15, 0.2) is 152 Å². The zero-order valence-electron chi connectivity index (χ0n) is 22.4. The maximum atomic E-state index is 13.7. The highest BCUT2D eigenvalue weighted by Gasteiger charge is 2.31. The third-order valence-corrected chi connectivity index (χ3v) is 7.38.